The van der Waals surface area contributed by atoms with Crippen molar-refractivity contribution in [2.75, 3.05) is 7.11 Å². The number of nitrogens with one attached hydrogen (secondary N) is 1. The fourth-order valence-electron chi connectivity index (χ4n) is 2.51. The molecule has 0 radical (unpaired) electrons. The highest BCUT2D eigenvalue weighted by molar-refractivity contribution is 7.99. The maximum absolute atomic E-state index is 6.41. The number of hydrogen-bond donors (Lipinski definition) is 2. The summed E-state index contributed by atoms with van der Waals surface area (Å²) in [7, 11) is 1.69. The number of thioether (sulfide) groups is 1. The molecule has 2 unspecified atom stereocenters. The second-order valence-electron chi connectivity index (χ2n) is 4.68. The number of ether oxygens (including phenoxy) is 1. The smallest absolute Gasteiger partial charge is 0.165 e. The lowest BCUT2D eigenvalue weighted by Gasteiger charge is -2.30. The highest BCUT2D eigenvalue weighted by Crippen LogP contribution is 2.38. The molecule has 2 atom stereocenters. The van der Waals surface area contributed by atoms with Crippen molar-refractivity contribution in [2.45, 2.75) is 29.3 Å². The van der Waals surface area contributed by atoms with Gasteiger partial charge in [-0.25, -0.2) is 4.98 Å². The van der Waals surface area contributed by atoms with Gasteiger partial charge in [0.25, 0.3) is 0 Å². The van der Waals surface area contributed by atoms with E-state index in [-0.39, 0.29) is 6.04 Å². The Balaban J connectivity index is 1.84. The van der Waals surface area contributed by atoms with Gasteiger partial charge >= 0.3 is 0 Å². The second kappa shape index (κ2) is 5.27. The van der Waals surface area contributed by atoms with Crippen molar-refractivity contribution in [3.8, 4) is 5.75 Å². The fourth-order valence-corrected chi connectivity index (χ4v) is 3.58. The van der Waals surface area contributed by atoms with E-state index in [4.69, 9.17) is 10.5 Å². The van der Waals surface area contributed by atoms with E-state index in [1.54, 1.807) is 25.1 Å². The third-order valence-electron chi connectivity index (χ3n) is 3.55. The molecule has 4 nitrogen and oxygen atoms in total. The molecule has 1 aromatic carbocycles. The Kier molecular flexibility index (Phi) is 3.48. The number of fused-ring (bicyclic) bond motifs is 1. The molecule has 1 heterocycles. The first-order valence-corrected chi connectivity index (χ1v) is 7.24. The van der Waals surface area contributed by atoms with Crippen molar-refractivity contribution in [1.82, 2.24) is 9.97 Å². The van der Waals surface area contributed by atoms with Gasteiger partial charge in [0.05, 0.1) is 7.11 Å². The number of nitrogens with two attached hydrogens (primary N) is 1. The molecule has 0 amide bonds. The Morgan fingerprint density at radius 2 is 2.37 bits per heavy atom. The zero-order valence-corrected chi connectivity index (χ0v) is 11.6. The zero-order valence-electron chi connectivity index (χ0n) is 10.8. The predicted octanol–water partition coefficient (Wildman–Crippen LogP) is 2.53. The summed E-state index contributed by atoms with van der Waals surface area (Å²) in [6, 6.07) is 6.22. The van der Waals surface area contributed by atoms with Crippen LogP contribution in [0.25, 0.3) is 0 Å². The van der Waals surface area contributed by atoms with Crippen molar-refractivity contribution in [2.24, 2.45) is 5.73 Å². The highest BCUT2D eigenvalue weighted by Gasteiger charge is 2.28. The molecule has 3 N–H and O–H groups in total. The summed E-state index contributed by atoms with van der Waals surface area (Å²) in [4.78, 5) is 7.38. The minimum atomic E-state index is 0.0222. The zero-order chi connectivity index (χ0) is 13.2. The number of methoxy groups -OCH3 is 1. The van der Waals surface area contributed by atoms with Crippen LogP contribution in [0, 0.1) is 0 Å². The van der Waals surface area contributed by atoms with Gasteiger partial charge in [-0.05, 0) is 36.1 Å². The Labute approximate surface area is 116 Å². The summed E-state index contributed by atoms with van der Waals surface area (Å²) in [5.74, 6) is 0.873. The molecule has 0 saturated carbocycles. The molecule has 1 aromatic heterocycles. The first-order valence-electron chi connectivity index (χ1n) is 6.36. The Morgan fingerprint density at radius 1 is 1.47 bits per heavy atom. The van der Waals surface area contributed by atoms with Crippen LogP contribution in [0.1, 0.15) is 23.6 Å². The maximum atomic E-state index is 6.41. The summed E-state index contributed by atoms with van der Waals surface area (Å²) in [5.41, 5.74) is 8.95. The lowest BCUT2D eigenvalue weighted by atomic mass is 9.87. The van der Waals surface area contributed by atoms with Gasteiger partial charge in [0.15, 0.2) is 5.16 Å². The van der Waals surface area contributed by atoms with Crippen LogP contribution in [-0.2, 0) is 6.42 Å². The van der Waals surface area contributed by atoms with E-state index in [1.165, 1.54) is 11.1 Å². The maximum Gasteiger partial charge on any atom is 0.165 e. The standard InChI is InChI=1S/C14H17N3OS/c1-18-10-4-2-9-3-5-12(13(15)11(9)8-10)19-14-16-6-7-17-14/h2,4,6-8,12-13H,3,5,15H2,1H3,(H,16,17). The van der Waals surface area contributed by atoms with E-state index in [0.29, 0.717) is 5.25 Å². The molecular formula is C14H17N3OS. The predicted molar refractivity (Wildman–Crippen MR) is 76.5 cm³/mol. The number of aromatic nitrogens is 2. The molecule has 0 aliphatic heterocycles. The van der Waals surface area contributed by atoms with Gasteiger partial charge in [-0.3, -0.25) is 0 Å². The molecule has 0 fully saturated rings. The SMILES string of the molecule is COc1ccc2c(c1)C(N)C(Sc1ncc[nH]1)CC2. The molecule has 1 aliphatic carbocycles. The van der Waals surface area contributed by atoms with Crippen LogP contribution in [0.3, 0.4) is 0 Å². The first-order chi connectivity index (χ1) is 9.28. The van der Waals surface area contributed by atoms with E-state index in [0.717, 1.165) is 23.7 Å². The van der Waals surface area contributed by atoms with Gasteiger partial charge in [-0.15, -0.1) is 0 Å². The van der Waals surface area contributed by atoms with Gasteiger partial charge in [-0.2, -0.15) is 0 Å². The molecule has 3 rings (SSSR count). The first kappa shape index (κ1) is 12.6. The van der Waals surface area contributed by atoms with E-state index in [1.807, 2.05) is 12.3 Å². The van der Waals surface area contributed by atoms with Crippen LogP contribution >= 0.6 is 11.8 Å². The fraction of sp³-hybridized carbons (Fsp3) is 0.357. The molecule has 0 saturated heterocycles. The third kappa shape index (κ3) is 2.48. The molecule has 19 heavy (non-hydrogen) atoms. The Morgan fingerprint density at radius 3 is 3.11 bits per heavy atom. The molecule has 0 bridgehead atoms. The van der Waals surface area contributed by atoms with Crippen molar-refractivity contribution >= 4 is 11.8 Å². The molecule has 0 spiro atoms. The number of benzene rings is 1. The molecule has 2 aromatic rings. The van der Waals surface area contributed by atoms with Gasteiger partial charge in [0, 0.05) is 23.7 Å². The number of H-pyrrole nitrogens is 1. The number of imidazole rings is 1. The van der Waals surface area contributed by atoms with Crippen LogP contribution in [0.4, 0.5) is 0 Å². The monoisotopic (exact) mass is 275 g/mol. The normalized spacial score (nSPS) is 22.0. The second-order valence-corrected chi connectivity index (χ2v) is 5.91. The summed E-state index contributed by atoms with van der Waals surface area (Å²) < 4.78 is 5.29. The number of rotatable bonds is 3. The molecule has 5 heteroatoms. The summed E-state index contributed by atoms with van der Waals surface area (Å²) in [6.45, 7) is 0. The molecule has 100 valence electrons. The van der Waals surface area contributed by atoms with E-state index < -0.39 is 0 Å². The number of hydrogen-bond acceptors (Lipinski definition) is 4. The average Bonchev–Trinajstić information content (AvgIpc) is 2.95. The van der Waals surface area contributed by atoms with Crippen LogP contribution in [-0.4, -0.2) is 22.3 Å². The van der Waals surface area contributed by atoms with Crippen LogP contribution in [0.5, 0.6) is 5.75 Å². The topological polar surface area (TPSA) is 63.9 Å². The number of aryl methyl sites for hydroxylation is 1. The van der Waals surface area contributed by atoms with Crippen LogP contribution in [0.2, 0.25) is 0 Å². The van der Waals surface area contributed by atoms with Crippen molar-refractivity contribution in [1.29, 1.82) is 0 Å². The van der Waals surface area contributed by atoms with Crippen LogP contribution < -0.4 is 10.5 Å². The number of nitrogens with zero attached hydrogens (tertiary/aromatic N) is 1. The summed E-state index contributed by atoms with van der Waals surface area (Å²) in [6.07, 6.45) is 5.75. The van der Waals surface area contributed by atoms with Crippen molar-refractivity contribution in [3.05, 3.63) is 41.7 Å². The molecule has 1 aliphatic rings. The lowest BCUT2D eigenvalue weighted by molar-refractivity contribution is 0.412. The van der Waals surface area contributed by atoms with Gasteiger partial charge in [-0.1, -0.05) is 17.8 Å². The largest absolute Gasteiger partial charge is 0.497 e. The van der Waals surface area contributed by atoms with E-state index >= 15 is 0 Å². The molecular weight excluding hydrogens is 258 g/mol. The lowest BCUT2D eigenvalue weighted by Crippen LogP contribution is -2.29. The Bertz CT molecular complexity index is 556. The van der Waals surface area contributed by atoms with Gasteiger partial charge < -0.3 is 15.5 Å². The van der Waals surface area contributed by atoms with E-state index in [9.17, 15) is 0 Å². The van der Waals surface area contributed by atoms with E-state index in [2.05, 4.69) is 22.1 Å². The highest BCUT2D eigenvalue weighted by atomic mass is 32.2. The third-order valence-corrected chi connectivity index (χ3v) is 4.83. The van der Waals surface area contributed by atoms with Crippen LogP contribution in [0.15, 0.2) is 35.7 Å². The Hall–Kier alpha value is -1.46. The summed E-state index contributed by atoms with van der Waals surface area (Å²) in [5, 5.41) is 1.29. The quantitative estimate of drug-likeness (QED) is 0.903. The van der Waals surface area contributed by atoms with Crippen molar-refractivity contribution in [3.63, 3.8) is 0 Å². The van der Waals surface area contributed by atoms with Crippen molar-refractivity contribution < 1.29 is 4.74 Å². The average molecular weight is 275 g/mol. The van der Waals surface area contributed by atoms with Gasteiger partial charge in [0.2, 0.25) is 0 Å². The van der Waals surface area contributed by atoms with Gasteiger partial charge in [0.1, 0.15) is 5.75 Å². The summed E-state index contributed by atoms with van der Waals surface area (Å²) >= 11 is 1.72. The number of aromatic amines is 1. The minimum Gasteiger partial charge on any atom is -0.497 e. The minimum absolute atomic E-state index is 0.0222.